The van der Waals surface area contributed by atoms with Crippen LogP contribution in [-0.2, 0) is 4.79 Å². The zero-order valence-corrected chi connectivity index (χ0v) is 13.3. The van der Waals surface area contributed by atoms with Gasteiger partial charge in [0.05, 0.1) is 11.3 Å². The lowest BCUT2D eigenvalue weighted by molar-refractivity contribution is -0.367. The molecular formula is C21H14N3O+. The molecule has 2 aromatic carbocycles. The number of allylic oxidation sites excluding steroid dienone is 3. The predicted octanol–water partition coefficient (Wildman–Crippen LogP) is 3.59. The molecule has 0 saturated heterocycles. The lowest BCUT2D eigenvalue weighted by Gasteiger charge is -2.14. The number of nitrogens with zero attached hydrogens (tertiary/aromatic N) is 3. The van der Waals surface area contributed by atoms with Crippen molar-refractivity contribution in [1.29, 1.82) is 0 Å². The maximum atomic E-state index is 13.1. The largest absolute Gasteiger partial charge is 0.357 e. The van der Waals surface area contributed by atoms with E-state index in [1.54, 1.807) is 4.58 Å². The Kier molecular flexibility index (Phi) is 2.97. The van der Waals surface area contributed by atoms with Crippen molar-refractivity contribution in [1.82, 2.24) is 0 Å². The third kappa shape index (κ3) is 2.08. The number of fused-ring (bicyclic) bond motifs is 3. The van der Waals surface area contributed by atoms with Crippen LogP contribution in [-0.4, -0.2) is 27.7 Å². The van der Waals surface area contributed by atoms with Crippen molar-refractivity contribution in [3.63, 3.8) is 0 Å². The summed E-state index contributed by atoms with van der Waals surface area (Å²) >= 11 is 0. The van der Waals surface area contributed by atoms with Gasteiger partial charge in [-0.25, -0.2) is 9.79 Å². The highest BCUT2D eigenvalue weighted by atomic mass is 16.2. The quantitative estimate of drug-likeness (QED) is 0.739. The molecule has 0 spiro atoms. The smallest absolute Gasteiger partial charge is 0.245 e. The Balaban J connectivity index is 1.77. The molecule has 0 N–H and O–H groups in total. The summed E-state index contributed by atoms with van der Waals surface area (Å²) in [5.41, 5.74) is 4.14. The summed E-state index contributed by atoms with van der Waals surface area (Å²) < 4.78 is 1.70. The molecule has 1 atom stereocenters. The fourth-order valence-corrected chi connectivity index (χ4v) is 3.39. The number of benzene rings is 2. The van der Waals surface area contributed by atoms with Crippen LogP contribution in [0.1, 0.15) is 5.56 Å². The second kappa shape index (κ2) is 5.31. The number of para-hydroxylation sites is 2. The van der Waals surface area contributed by atoms with E-state index in [4.69, 9.17) is 9.98 Å². The highest BCUT2D eigenvalue weighted by Gasteiger charge is 2.46. The molecule has 25 heavy (non-hydrogen) atoms. The van der Waals surface area contributed by atoms with E-state index < -0.39 is 0 Å². The molecule has 5 rings (SSSR count). The number of amides is 1. The molecule has 118 valence electrons. The second-order valence-electron chi connectivity index (χ2n) is 6.07. The van der Waals surface area contributed by atoms with E-state index >= 15 is 0 Å². The van der Waals surface area contributed by atoms with E-state index in [-0.39, 0.29) is 11.8 Å². The minimum atomic E-state index is -0.321. The second-order valence-corrected chi connectivity index (χ2v) is 6.07. The molecular weight excluding hydrogens is 310 g/mol. The molecule has 2 aliphatic heterocycles. The van der Waals surface area contributed by atoms with Gasteiger partial charge in [0.1, 0.15) is 11.6 Å². The number of amidine groups is 1. The monoisotopic (exact) mass is 324 g/mol. The van der Waals surface area contributed by atoms with Crippen molar-refractivity contribution in [2.24, 2.45) is 15.9 Å². The summed E-state index contributed by atoms with van der Waals surface area (Å²) in [6.07, 6.45) is 7.60. The Morgan fingerprint density at radius 3 is 2.64 bits per heavy atom. The van der Waals surface area contributed by atoms with Gasteiger partial charge in [-0.05, 0) is 35.3 Å². The Bertz CT molecular complexity index is 1060. The van der Waals surface area contributed by atoms with Crippen molar-refractivity contribution >= 4 is 34.5 Å². The number of hydrogen-bond donors (Lipinski definition) is 0. The molecule has 0 aromatic heterocycles. The first-order valence-electron chi connectivity index (χ1n) is 8.21. The van der Waals surface area contributed by atoms with E-state index in [1.165, 1.54) is 0 Å². The Labute approximate surface area is 144 Å². The Morgan fingerprint density at radius 1 is 0.960 bits per heavy atom. The van der Waals surface area contributed by atoms with Crippen LogP contribution in [0.2, 0.25) is 0 Å². The Morgan fingerprint density at radius 2 is 1.76 bits per heavy atom. The summed E-state index contributed by atoms with van der Waals surface area (Å²) in [4.78, 5) is 22.7. The van der Waals surface area contributed by atoms with E-state index in [0.717, 1.165) is 28.4 Å². The first-order chi connectivity index (χ1) is 12.3. The fraction of sp³-hybridized carbons (Fsp3) is 0.0476. The molecule has 2 aromatic rings. The number of aliphatic imine (C=N–C) groups is 2. The van der Waals surface area contributed by atoms with Crippen molar-refractivity contribution in [2.75, 3.05) is 0 Å². The summed E-state index contributed by atoms with van der Waals surface area (Å²) in [5, 5.41) is 0. The summed E-state index contributed by atoms with van der Waals surface area (Å²) in [6.45, 7) is 0. The first-order valence-corrected chi connectivity index (χ1v) is 8.21. The highest BCUT2D eigenvalue weighted by molar-refractivity contribution is 6.52. The zero-order chi connectivity index (χ0) is 16.8. The third-order valence-electron chi connectivity index (χ3n) is 4.54. The van der Waals surface area contributed by atoms with Gasteiger partial charge in [-0.2, -0.15) is 4.58 Å². The highest BCUT2D eigenvalue weighted by Crippen LogP contribution is 2.33. The van der Waals surface area contributed by atoms with Gasteiger partial charge in [0.2, 0.25) is 0 Å². The van der Waals surface area contributed by atoms with Gasteiger partial charge in [0, 0.05) is 0 Å². The fourth-order valence-electron chi connectivity index (χ4n) is 3.39. The number of rotatable bonds is 1. The van der Waals surface area contributed by atoms with Crippen LogP contribution in [0.4, 0.5) is 11.4 Å². The molecule has 4 heteroatoms. The SMILES string of the molecule is O=C1C2C=CC=CC2=NC2=[N+]1c1ccccc1C2=Nc1ccccc1. The molecule has 4 nitrogen and oxygen atoms in total. The molecule has 1 aliphatic carbocycles. The molecule has 0 saturated carbocycles. The average Bonchev–Trinajstić information content (AvgIpc) is 2.97. The van der Waals surface area contributed by atoms with Crippen molar-refractivity contribution in [3.05, 3.63) is 84.5 Å². The van der Waals surface area contributed by atoms with Crippen LogP contribution in [0.3, 0.4) is 0 Å². The maximum absolute atomic E-state index is 13.1. The van der Waals surface area contributed by atoms with Crippen LogP contribution >= 0.6 is 0 Å². The summed E-state index contributed by atoms with van der Waals surface area (Å²) in [6, 6.07) is 17.6. The van der Waals surface area contributed by atoms with Crippen molar-refractivity contribution in [2.45, 2.75) is 0 Å². The van der Waals surface area contributed by atoms with Gasteiger partial charge in [0.15, 0.2) is 11.4 Å². The molecule has 1 amide bonds. The van der Waals surface area contributed by atoms with E-state index in [9.17, 15) is 4.79 Å². The van der Waals surface area contributed by atoms with Gasteiger partial charge in [-0.3, -0.25) is 0 Å². The topological polar surface area (TPSA) is 44.8 Å². The molecule has 2 heterocycles. The van der Waals surface area contributed by atoms with Crippen LogP contribution in [0.15, 0.2) is 88.9 Å². The zero-order valence-electron chi connectivity index (χ0n) is 13.3. The molecule has 0 bridgehead atoms. The lowest BCUT2D eigenvalue weighted by atomic mass is 9.96. The first kappa shape index (κ1) is 14.0. The number of carbonyl (C=O) groups is 1. The third-order valence-corrected chi connectivity index (χ3v) is 4.54. The van der Waals surface area contributed by atoms with E-state index in [1.807, 2.05) is 78.9 Å². The minimum Gasteiger partial charge on any atom is -0.245 e. The van der Waals surface area contributed by atoms with Crippen LogP contribution < -0.4 is 0 Å². The van der Waals surface area contributed by atoms with Gasteiger partial charge >= 0.3 is 11.7 Å². The normalized spacial score (nSPS) is 21.9. The standard InChI is InChI=1S/C21H14N3O/c25-21-15-10-4-6-12-17(15)23-20-19(22-14-8-2-1-3-9-14)16-11-5-7-13-18(16)24(20)21/h1-13,15H/q+1. The average molecular weight is 324 g/mol. The molecule has 0 radical (unpaired) electrons. The lowest BCUT2D eigenvalue weighted by Crippen LogP contribution is -2.37. The van der Waals surface area contributed by atoms with Crippen LogP contribution in [0.5, 0.6) is 0 Å². The van der Waals surface area contributed by atoms with Crippen molar-refractivity contribution < 1.29 is 9.37 Å². The summed E-state index contributed by atoms with van der Waals surface area (Å²) in [7, 11) is 0. The van der Waals surface area contributed by atoms with E-state index in [2.05, 4.69) is 0 Å². The number of carbonyl (C=O) groups excluding carboxylic acids is 1. The minimum absolute atomic E-state index is 0.0197. The van der Waals surface area contributed by atoms with E-state index in [0.29, 0.717) is 5.84 Å². The van der Waals surface area contributed by atoms with Crippen LogP contribution in [0.25, 0.3) is 0 Å². The molecule has 0 fully saturated rings. The molecule has 1 unspecified atom stereocenters. The van der Waals surface area contributed by atoms with Crippen LogP contribution in [0, 0.1) is 5.92 Å². The Hall–Kier alpha value is -3.40. The predicted molar refractivity (Wildman–Crippen MR) is 98.2 cm³/mol. The van der Waals surface area contributed by atoms with Gasteiger partial charge in [-0.15, -0.1) is 0 Å². The maximum Gasteiger partial charge on any atom is 0.357 e. The summed E-state index contributed by atoms with van der Waals surface area (Å²) in [5.74, 6) is 0.311. The van der Waals surface area contributed by atoms with Gasteiger partial charge in [0.25, 0.3) is 0 Å². The van der Waals surface area contributed by atoms with Crippen molar-refractivity contribution in [3.8, 4) is 0 Å². The molecule has 3 aliphatic rings. The van der Waals surface area contributed by atoms with Gasteiger partial charge in [-0.1, -0.05) is 48.6 Å². The number of hydrogen-bond acceptors (Lipinski definition) is 3. The van der Waals surface area contributed by atoms with Gasteiger partial charge < -0.3 is 0 Å².